The summed E-state index contributed by atoms with van der Waals surface area (Å²) < 4.78 is 55.9. The number of aliphatic hydroxyl groups excluding tert-OH is 2. The molecule has 0 amide bonds. The summed E-state index contributed by atoms with van der Waals surface area (Å²) in [5, 5.41) is 27.0. The number of rotatable bonds is 8. The van der Waals surface area contributed by atoms with E-state index in [9.17, 15) is 33.0 Å². The van der Waals surface area contributed by atoms with Gasteiger partial charge in [-0.2, -0.15) is 18.7 Å². The van der Waals surface area contributed by atoms with Gasteiger partial charge < -0.3 is 34.7 Å². The molecule has 5 rings (SSSR count). The van der Waals surface area contributed by atoms with Crippen molar-refractivity contribution in [2.45, 2.75) is 49.0 Å². The molecular weight excluding hydrogens is 588 g/mol. The maximum atomic E-state index is 13.8. The first-order valence-corrected chi connectivity index (χ1v) is 15.2. The quantitative estimate of drug-likeness (QED) is 0.160. The van der Waals surface area contributed by atoms with E-state index >= 15 is 0 Å². The number of aromatic nitrogens is 5. The molecule has 1 saturated carbocycles. The second-order valence-corrected chi connectivity index (χ2v) is 13.6. The van der Waals surface area contributed by atoms with Crippen molar-refractivity contribution in [1.29, 1.82) is 0 Å². The fourth-order valence-corrected chi connectivity index (χ4v) is 7.15. The highest BCUT2D eigenvalue weighted by molar-refractivity contribution is 7.72. The summed E-state index contributed by atoms with van der Waals surface area (Å²) in [5.41, 5.74) is 2.60. The third-order valence-corrected chi connectivity index (χ3v) is 10.6. The van der Waals surface area contributed by atoms with E-state index in [0.717, 1.165) is 18.4 Å². The highest BCUT2D eigenvalue weighted by Crippen LogP contribution is 2.73. The van der Waals surface area contributed by atoms with E-state index in [1.807, 2.05) is 24.3 Å². The van der Waals surface area contributed by atoms with E-state index in [1.165, 1.54) is 10.2 Å². The predicted octanol–water partition coefficient (Wildman–Crippen LogP) is 2.19. The van der Waals surface area contributed by atoms with E-state index in [1.54, 1.807) is 0 Å². The highest BCUT2D eigenvalue weighted by atomic mass is 35.5. The van der Waals surface area contributed by atoms with Gasteiger partial charge in [0.25, 0.3) is 0 Å². The fraction of sp³-hybridized carbons (Fsp3) is 0.500. The molecule has 1 unspecified atom stereocenters. The lowest BCUT2D eigenvalue weighted by atomic mass is 10.1. The summed E-state index contributed by atoms with van der Waals surface area (Å²) in [6, 6.07) is 6.79. The minimum atomic E-state index is -6.34. The van der Waals surface area contributed by atoms with Gasteiger partial charge in [0.05, 0.1) is 24.8 Å². The standard InChI is InChI=1S/C20H23ClF2N6O8P2/c21-19-25-17(24-12-6-5-9-3-1-2-4-11(9)12)14-18(26-19)29(28-27-14)13-7-10(15(30)16(13)31)8-37-39(35,36)20(22,23)38(32,33)34/h1-4,10,12-13,15-16,30-31H,5-8H2,(H,35,36)(H,24,25,26)(H2,32,33,34)/t10-,12-,13-,15-,16+/m1/s1. The fourth-order valence-electron chi connectivity index (χ4n) is 4.95. The molecule has 2 aliphatic carbocycles. The Hall–Kier alpha value is -2.13. The maximum Gasteiger partial charge on any atom is 0.443 e. The molecule has 14 nitrogen and oxygen atoms in total. The number of hydrogen-bond donors (Lipinski definition) is 6. The molecule has 39 heavy (non-hydrogen) atoms. The zero-order valence-corrected chi connectivity index (χ0v) is 22.3. The van der Waals surface area contributed by atoms with Crippen molar-refractivity contribution in [3.05, 3.63) is 40.7 Å². The normalized spacial score (nSPS) is 27.0. The van der Waals surface area contributed by atoms with Crippen LogP contribution in [-0.4, -0.2) is 74.1 Å². The number of nitrogens with zero attached hydrogens (tertiary/aromatic N) is 5. The summed E-state index contributed by atoms with van der Waals surface area (Å²) >= 11 is 6.16. The maximum absolute atomic E-state index is 13.8. The predicted molar refractivity (Wildman–Crippen MR) is 131 cm³/mol. The smallest absolute Gasteiger partial charge is 0.390 e. The molecule has 0 aliphatic heterocycles. The molecule has 0 spiro atoms. The molecule has 6 N–H and O–H groups in total. The van der Waals surface area contributed by atoms with Gasteiger partial charge >= 0.3 is 20.6 Å². The Morgan fingerprint density at radius 1 is 1.15 bits per heavy atom. The first-order chi connectivity index (χ1) is 18.2. The van der Waals surface area contributed by atoms with E-state index in [0.29, 0.717) is 0 Å². The first-order valence-electron chi connectivity index (χ1n) is 11.6. The van der Waals surface area contributed by atoms with Gasteiger partial charge in [-0.05, 0) is 42.0 Å². The monoisotopic (exact) mass is 610 g/mol. The summed E-state index contributed by atoms with van der Waals surface area (Å²) in [5.74, 6) is -0.908. The average molecular weight is 611 g/mol. The van der Waals surface area contributed by atoms with E-state index in [-0.39, 0.29) is 34.7 Å². The van der Waals surface area contributed by atoms with Gasteiger partial charge in [-0.15, -0.1) is 5.10 Å². The van der Waals surface area contributed by atoms with Crippen molar-refractivity contribution >= 4 is 43.8 Å². The van der Waals surface area contributed by atoms with Crippen LogP contribution in [0.15, 0.2) is 24.3 Å². The van der Waals surface area contributed by atoms with Crippen molar-refractivity contribution in [3.63, 3.8) is 0 Å². The largest absolute Gasteiger partial charge is 0.443 e. The molecule has 2 aromatic heterocycles. The lowest BCUT2D eigenvalue weighted by Gasteiger charge is -2.24. The second-order valence-electron chi connectivity index (χ2n) is 9.40. The number of alkyl halides is 2. The molecule has 0 saturated heterocycles. The Morgan fingerprint density at radius 2 is 1.87 bits per heavy atom. The highest BCUT2D eigenvalue weighted by Gasteiger charge is 2.65. The van der Waals surface area contributed by atoms with Crippen LogP contribution >= 0.6 is 26.8 Å². The van der Waals surface area contributed by atoms with Crippen molar-refractivity contribution in [2.75, 3.05) is 11.9 Å². The van der Waals surface area contributed by atoms with Crippen LogP contribution in [0.1, 0.15) is 36.1 Å². The van der Waals surface area contributed by atoms with Crippen LogP contribution in [0.25, 0.3) is 11.2 Å². The Kier molecular flexibility index (Phi) is 7.32. The summed E-state index contributed by atoms with van der Waals surface area (Å²) in [4.78, 5) is 35.3. The van der Waals surface area contributed by atoms with Crippen molar-refractivity contribution in [3.8, 4) is 0 Å². The second kappa shape index (κ2) is 10.1. The summed E-state index contributed by atoms with van der Waals surface area (Å²) in [6.45, 7) is -1.02. The van der Waals surface area contributed by atoms with Gasteiger partial charge in [-0.25, -0.2) is 4.68 Å². The van der Waals surface area contributed by atoms with Gasteiger partial charge in [-0.1, -0.05) is 29.5 Å². The number of fused-ring (bicyclic) bond motifs is 2. The van der Waals surface area contributed by atoms with Crippen LogP contribution in [0.4, 0.5) is 14.6 Å². The number of benzene rings is 1. The molecule has 2 aliphatic rings. The van der Waals surface area contributed by atoms with Crippen molar-refractivity contribution in [1.82, 2.24) is 25.0 Å². The Labute approximate surface area is 223 Å². The van der Waals surface area contributed by atoms with Crippen molar-refractivity contribution in [2.24, 2.45) is 5.92 Å². The Morgan fingerprint density at radius 3 is 2.59 bits per heavy atom. The van der Waals surface area contributed by atoms with Crippen LogP contribution in [0, 0.1) is 5.92 Å². The molecule has 3 aromatic rings. The van der Waals surface area contributed by atoms with Crippen LogP contribution < -0.4 is 5.32 Å². The average Bonchev–Trinajstić information content (AvgIpc) is 3.54. The third-order valence-electron chi connectivity index (χ3n) is 6.98. The lowest BCUT2D eigenvalue weighted by molar-refractivity contribution is -0.00594. The zero-order valence-electron chi connectivity index (χ0n) is 19.7. The van der Waals surface area contributed by atoms with Crippen LogP contribution in [0.5, 0.6) is 0 Å². The number of anilines is 1. The number of aliphatic hydroxyl groups is 2. The SMILES string of the molecule is O=P(O)(O)C(F)(F)P(=O)(O)OC[C@H]1C[C@@H](n2nnc3c(N[C@@H]4CCc5ccccc54)nc(Cl)nc32)[C@H](O)[C@@H]1O. The molecule has 6 atom stereocenters. The molecular formula is C20H23ClF2N6O8P2. The van der Waals surface area contributed by atoms with E-state index in [2.05, 4.69) is 30.1 Å². The molecule has 0 bridgehead atoms. The topological polar surface area (TPSA) is 213 Å². The van der Waals surface area contributed by atoms with Gasteiger partial charge in [0.15, 0.2) is 17.0 Å². The number of halogens is 3. The lowest BCUT2D eigenvalue weighted by Crippen LogP contribution is -2.31. The van der Waals surface area contributed by atoms with Gasteiger partial charge in [-0.3, -0.25) is 9.13 Å². The van der Waals surface area contributed by atoms with Crippen molar-refractivity contribution < 1.29 is 47.3 Å². The molecule has 19 heteroatoms. The number of hydrogen-bond acceptors (Lipinski definition) is 10. The van der Waals surface area contributed by atoms with Crippen LogP contribution in [0.2, 0.25) is 5.28 Å². The number of aryl methyl sites for hydroxylation is 1. The molecule has 212 valence electrons. The van der Waals surface area contributed by atoms with E-state index in [4.69, 9.17) is 21.4 Å². The molecule has 0 radical (unpaired) electrons. The Bertz CT molecular complexity index is 1510. The Balaban J connectivity index is 1.37. The van der Waals surface area contributed by atoms with E-state index < -0.39 is 51.4 Å². The first kappa shape index (κ1) is 28.4. The molecule has 2 heterocycles. The summed E-state index contributed by atoms with van der Waals surface area (Å²) in [7, 11) is -12.5. The zero-order chi connectivity index (χ0) is 28.3. The third kappa shape index (κ3) is 4.98. The van der Waals surface area contributed by atoms with Gasteiger partial charge in [0.2, 0.25) is 5.28 Å². The van der Waals surface area contributed by atoms with Crippen LogP contribution in [-0.2, 0) is 20.1 Å². The van der Waals surface area contributed by atoms with Gasteiger partial charge in [0.1, 0.15) is 6.10 Å². The number of nitrogens with one attached hydrogen (secondary N) is 1. The van der Waals surface area contributed by atoms with Crippen LogP contribution in [0.3, 0.4) is 0 Å². The van der Waals surface area contributed by atoms with Gasteiger partial charge in [0, 0.05) is 5.92 Å². The molecule has 1 aromatic carbocycles. The summed E-state index contributed by atoms with van der Waals surface area (Å²) in [6.07, 6.45) is -1.75. The minimum Gasteiger partial charge on any atom is -0.390 e. The molecule has 1 fully saturated rings. The minimum absolute atomic E-state index is 0.0820.